The number of carbonyl (C=O) groups excluding carboxylic acids is 2. The lowest BCUT2D eigenvalue weighted by Gasteiger charge is -2.12. The van der Waals surface area contributed by atoms with Crippen LogP contribution in [0.5, 0.6) is 0 Å². The lowest BCUT2D eigenvalue weighted by atomic mass is 9.95. The Morgan fingerprint density at radius 2 is 2.08 bits per heavy atom. The zero-order valence-corrected chi connectivity index (χ0v) is 7.37. The van der Waals surface area contributed by atoms with Crippen molar-refractivity contribution in [2.24, 2.45) is 10.4 Å². The zero-order valence-electron chi connectivity index (χ0n) is 7.37. The molecule has 0 bridgehead atoms. The van der Waals surface area contributed by atoms with Crippen molar-refractivity contribution in [3.8, 4) is 0 Å². The van der Waals surface area contributed by atoms with Crippen LogP contribution in [0.1, 0.15) is 20.8 Å². The molecule has 12 heavy (non-hydrogen) atoms. The first kappa shape index (κ1) is 8.77. The maximum Gasteiger partial charge on any atom is 0.547 e. The van der Waals surface area contributed by atoms with Crippen molar-refractivity contribution >= 4 is 24.4 Å². The third kappa shape index (κ3) is 1.47. The first-order valence-corrected chi connectivity index (χ1v) is 3.68. The van der Waals surface area contributed by atoms with Crippen LogP contribution in [0.3, 0.4) is 0 Å². The van der Waals surface area contributed by atoms with E-state index >= 15 is 0 Å². The Bertz CT molecular complexity index is 295. The van der Waals surface area contributed by atoms with Gasteiger partial charge < -0.3 is 0 Å². The van der Waals surface area contributed by atoms with Crippen molar-refractivity contribution < 1.29 is 14.2 Å². The fourth-order valence-corrected chi connectivity index (χ4v) is 0.806. The molecule has 0 unspecified atom stereocenters. The second-order valence-electron chi connectivity index (χ2n) is 3.63. The molecule has 0 aromatic heterocycles. The average Bonchev–Trinajstić information content (AvgIpc) is 2.31. The predicted molar refractivity (Wildman–Crippen MR) is 44.7 cm³/mol. The van der Waals surface area contributed by atoms with Gasteiger partial charge in [-0.15, -0.1) is 4.58 Å². The minimum absolute atomic E-state index is 0.231. The van der Waals surface area contributed by atoms with Gasteiger partial charge in [-0.25, -0.2) is 4.79 Å². The second-order valence-corrected chi connectivity index (χ2v) is 3.63. The second kappa shape index (κ2) is 2.62. The summed E-state index contributed by atoms with van der Waals surface area (Å²) in [5.41, 5.74) is -0.542. The zero-order chi connectivity index (χ0) is 9.35. The molecule has 64 valence electrons. The molecule has 0 N–H and O–H groups in total. The molecule has 1 heterocycles. The van der Waals surface area contributed by atoms with Crippen molar-refractivity contribution in [2.75, 3.05) is 0 Å². The number of hydrogen-bond acceptors (Lipinski definition) is 2. The van der Waals surface area contributed by atoms with E-state index in [9.17, 15) is 9.59 Å². The number of urea groups is 1. The number of aliphatic imine (C=N–C) groups is 1. The molecular formula is C8H11N2O2+. The van der Waals surface area contributed by atoms with Crippen LogP contribution in [0.15, 0.2) is 4.99 Å². The number of imide groups is 1. The summed E-state index contributed by atoms with van der Waals surface area (Å²) in [6, 6.07) is -0.505. The fourth-order valence-electron chi connectivity index (χ4n) is 0.806. The van der Waals surface area contributed by atoms with E-state index < -0.39 is 11.4 Å². The van der Waals surface area contributed by atoms with Gasteiger partial charge in [-0.2, -0.15) is 4.79 Å². The number of hydrogen-bond donors (Lipinski definition) is 0. The van der Waals surface area contributed by atoms with E-state index in [1.807, 2.05) is 0 Å². The molecule has 1 aliphatic rings. The fraction of sp³-hybridized carbons (Fsp3) is 0.500. The van der Waals surface area contributed by atoms with E-state index in [1.165, 1.54) is 12.4 Å². The Balaban J connectivity index is 2.88. The summed E-state index contributed by atoms with van der Waals surface area (Å²) >= 11 is 0. The Labute approximate surface area is 70.6 Å². The molecule has 3 amide bonds. The van der Waals surface area contributed by atoms with Gasteiger partial charge in [-0.05, 0) is 25.8 Å². The summed E-state index contributed by atoms with van der Waals surface area (Å²) in [4.78, 5) is 25.8. The van der Waals surface area contributed by atoms with Gasteiger partial charge >= 0.3 is 11.9 Å². The number of rotatable bonds is 0. The van der Waals surface area contributed by atoms with Crippen molar-refractivity contribution in [3.63, 3.8) is 0 Å². The molecule has 1 rings (SSSR count). The summed E-state index contributed by atoms with van der Waals surface area (Å²) in [6.45, 7) is 5.28. The van der Waals surface area contributed by atoms with Gasteiger partial charge in [0.2, 0.25) is 0 Å². The van der Waals surface area contributed by atoms with Gasteiger partial charge in [0.25, 0.3) is 0 Å². The Hall–Kier alpha value is -1.32. The van der Waals surface area contributed by atoms with Crippen LogP contribution in [-0.4, -0.2) is 28.9 Å². The number of nitrogens with zero attached hydrogens (tertiary/aromatic N) is 2. The molecule has 1 aliphatic heterocycles. The molecule has 0 fully saturated rings. The topological polar surface area (TPSA) is 49.5 Å². The number of amides is 3. The summed E-state index contributed by atoms with van der Waals surface area (Å²) in [5.74, 6) is -0.231. The molecule has 0 spiro atoms. The van der Waals surface area contributed by atoms with Crippen LogP contribution in [0.4, 0.5) is 4.79 Å². The van der Waals surface area contributed by atoms with Gasteiger partial charge in [0.15, 0.2) is 6.21 Å². The molecular weight excluding hydrogens is 156 g/mol. The molecule has 0 aromatic rings. The maximum atomic E-state index is 11.5. The molecule has 0 aromatic carbocycles. The van der Waals surface area contributed by atoms with Crippen LogP contribution in [0, 0.1) is 5.41 Å². The van der Waals surface area contributed by atoms with Crippen molar-refractivity contribution in [1.29, 1.82) is 0 Å². The summed E-state index contributed by atoms with van der Waals surface area (Å²) in [6.07, 6.45) is 2.71. The van der Waals surface area contributed by atoms with Gasteiger partial charge in [-0.1, -0.05) is 0 Å². The third-order valence-corrected chi connectivity index (χ3v) is 1.47. The lowest BCUT2D eigenvalue weighted by molar-refractivity contribution is -0.357. The van der Waals surface area contributed by atoms with Gasteiger partial charge in [0.1, 0.15) is 6.21 Å². The van der Waals surface area contributed by atoms with E-state index in [-0.39, 0.29) is 5.91 Å². The highest BCUT2D eigenvalue weighted by molar-refractivity contribution is 6.22. The minimum atomic E-state index is -0.542. The Morgan fingerprint density at radius 1 is 1.50 bits per heavy atom. The first-order valence-electron chi connectivity index (χ1n) is 3.68. The molecule has 0 radical (unpaired) electrons. The minimum Gasteiger partial charge on any atom is -0.246 e. The van der Waals surface area contributed by atoms with Gasteiger partial charge in [0.05, 0.1) is 5.41 Å². The maximum absolute atomic E-state index is 11.5. The quantitative estimate of drug-likeness (QED) is 0.502. The van der Waals surface area contributed by atoms with Crippen LogP contribution in [0.25, 0.3) is 0 Å². The van der Waals surface area contributed by atoms with Crippen LogP contribution in [0.2, 0.25) is 0 Å². The van der Waals surface area contributed by atoms with Crippen molar-refractivity contribution in [3.05, 3.63) is 0 Å². The van der Waals surface area contributed by atoms with Crippen molar-refractivity contribution in [1.82, 2.24) is 0 Å². The Kier molecular flexibility index (Phi) is 1.92. The van der Waals surface area contributed by atoms with Crippen LogP contribution >= 0.6 is 0 Å². The Morgan fingerprint density at radius 3 is 2.42 bits per heavy atom. The molecule has 4 heteroatoms. The van der Waals surface area contributed by atoms with E-state index in [0.717, 1.165) is 4.58 Å². The van der Waals surface area contributed by atoms with E-state index in [1.54, 1.807) is 20.8 Å². The average molecular weight is 167 g/mol. The highest BCUT2D eigenvalue weighted by atomic mass is 16.2. The van der Waals surface area contributed by atoms with Crippen LogP contribution < -0.4 is 0 Å². The number of carbonyl (C=O) groups is 2. The summed E-state index contributed by atoms with van der Waals surface area (Å²) in [5, 5.41) is 0. The van der Waals surface area contributed by atoms with E-state index in [2.05, 4.69) is 4.99 Å². The lowest BCUT2D eigenvalue weighted by Crippen LogP contribution is -2.34. The monoisotopic (exact) mass is 167 g/mol. The van der Waals surface area contributed by atoms with Gasteiger partial charge in [-0.3, -0.25) is 0 Å². The molecule has 0 aliphatic carbocycles. The molecule has 0 saturated heterocycles. The van der Waals surface area contributed by atoms with E-state index in [4.69, 9.17) is 0 Å². The molecule has 0 atom stereocenters. The van der Waals surface area contributed by atoms with Crippen LogP contribution in [-0.2, 0) is 4.79 Å². The normalized spacial score (nSPS) is 16.6. The highest BCUT2D eigenvalue weighted by Gasteiger charge is 2.35. The molecule has 4 nitrogen and oxygen atoms in total. The SMILES string of the molecule is CC(C)(C)C(=O)[N+]1=CC=NC1=O. The molecule has 0 saturated carbocycles. The first-order chi connectivity index (χ1) is 5.43. The highest BCUT2D eigenvalue weighted by Crippen LogP contribution is 2.15. The summed E-state index contributed by atoms with van der Waals surface area (Å²) in [7, 11) is 0. The largest absolute Gasteiger partial charge is 0.547 e. The predicted octanol–water partition coefficient (Wildman–Crippen LogP) is 0.847. The van der Waals surface area contributed by atoms with Crippen molar-refractivity contribution in [2.45, 2.75) is 20.8 Å². The smallest absolute Gasteiger partial charge is 0.246 e. The van der Waals surface area contributed by atoms with Gasteiger partial charge in [0, 0.05) is 0 Å². The third-order valence-electron chi connectivity index (χ3n) is 1.47. The van der Waals surface area contributed by atoms with E-state index in [0.29, 0.717) is 0 Å². The standard InChI is InChI=1S/C8H11N2O2/c1-8(2,3)6(11)10-5-4-9-7(10)12/h4-5H,1-3H3/q+1. The summed E-state index contributed by atoms with van der Waals surface area (Å²) < 4.78 is 1.03.